The monoisotopic (exact) mass is 558 g/mol. The molecule has 0 bridgehead atoms. The largest absolute Gasteiger partial charge is 0.494 e. The van der Waals surface area contributed by atoms with Crippen LogP contribution in [-0.4, -0.2) is 85.7 Å². The molecular weight excluding hydrogens is 532 g/mol. The number of aromatic nitrogens is 6. The van der Waals surface area contributed by atoms with Gasteiger partial charge in [-0.25, -0.2) is 14.2 Å². The number of pyridine rings is 1. The minimum Gasteiger partial charge on any atom is -0.494 e. The summed E-state index contributed by atoms with van der Waals surface area (Å²) in [6.45, 7) is 3.42. The number of nitrogens with one attached hydrogen (secondary N) is 1. The van der Waals surface area contributed by atoms with E-state index in [9.17, 15) is 4.79 Å². The maximum atomic E-state index is 13.6. The first-order chi connectivity index (χ1) is 19.6. The van der Waals surface area contributed by atoms with Gasteiger partial charge < -0.3 is 14.8 Å². The first-order valence-electron chi connectivity index (χ1n) is 13.2. The minimum atomic E-state index is -0.234. The number of rotatable bonds is 6. The molecule has 0 spiro atoms. The fourth-order valence-corrected chi connectivity index (χ4v) is 5.71. The first kappa shape index (κ1) is 24.9. The lowest BCUT2D eigenvalue weighted by molar-refractivity contribution is -0.00951. The van der Waals surface area contributed by atoms with E-state index in [0.717, 1.165) is 44.7 Å². The van der Waals surface area contributed by atoms with Crippen molar-refractivity contribution in [3.63, 3.8) is 0 Å². The fourth-order valence-electron chi connectivity index (χ4n) is 5.55. The van der Waals surface area contributed by atoms with Gasteiger partial charge in [0.2, 0.25) is 0 Å². The fraction of sp³-hybridized carbons (Fsp3) is 0.321. The number of amides is 1. The summed E-state index contributed by atoms with van der Waals surface area (Å²) in [6.07, 6.45) is 8.79. The van der Waals surface area contributed by atoms with Crippen LogP contribution in [0.4, 0.5) is 0 Å². The molecule has 1 aliphatic carbocycles. The summed E-state index contributed by atoms with van der Waals surface area (Å²) in [5.74, 6) is 0.339. The zero-order valence-electron chi connectivity index (χ0n) is 21.8. The number of morpholine rings is 1. The van der Waals surface area contributed by atoms with Crippen LogP contribution >= 0.6 is 11.6 Å². The second kappa shape index (κ2) is 10.2. The first-order valence-corrected chi connectivity index (χ1v) is 13.6. The molecule has 0 unspecified atom stereocenters. The smallest absolute Gasteiger partial charge is 0.272 e. The average molecular weight is 559 g/mol. The van der Waals surface area contributed by atoms with Gasteiger partial charge in [0.15, 0.2) is 11.3 Å². The summed E-state index contributed by atoms with van der Waals surface area (Å²) in [5.41, 5.74) is 3.70. The predicted molar refractivity (Wildman–Crippen MR) is 149 cm³/mol. The number of carbonyl (C=O) groups is 1. The molecular formula is C28H27ClN8O3. The maximum Gasteiger partial charge on any atom is 0.272 e. The summed E-state index contributed by atoms with van der Waals surface area (Å²) in [4.78, 5) is 25.2. The summed E-state index contributed by atoms with van der Waals surface area (Å²) < 4.78 is 14.5. The Morgan fingerprint density at radius 2 is 2.00 bits per heavy atom. The van der Waals surface area contributed by atoms with Gasteiger partial charge in [-0.2, -0.15) is 10.2 Å². The highest BCUT2D eigenvalue weighted by molar-refractivity contribution is 6.30. The lowest BCUT2D eigenvalue weighted by Gasteiger charge is -2.44. The van der Waals surface area contributed by atoms with Gasteiger partial charge in [0.05, 0.1) is 48.7 Å². The molecule has 0 radical (unpaired) electrons. The molecule has 7 rings (SSSR count). The Hall–Kier alpha value is -4.06. The minimum absolute atomic E-state index is 0.0957. The lowest BCUT2D eigenvalue weighted by Crippen LogP contribution is -2.56. The molecule has 1 N–H and O–H groups in total. The molecule has 1 aromatic carbocycles. The number of hydrogen-bond donors (Lipinski definition) is 1. The average Bonchev–Trinajstić information content (AvgIpc) is 3.57. The normalized spacial score (nSPS) is 19.6. The second-order valence-electron chi connectivity index (χ2n) is 10.1. The maximum absolute atomic E-state index is 13.6. The second-order valence-corrected chi connectivity index (χ2v) is 10.5. The highest BCUT2D eigenvalue weighted by Gasteiger charge is 2.36. The summed E-state index contributed by atoms with van der Waals surface area (Å²) in [6, 6.07) is 9.58. The van der Waals surface area contributed by atoms with Crippen LogP contribution in [0, 0.1) is 0 Å². The standard InChI is InChI=1S/C28H27ClN8O3/c1-39-25-4-3-17(29)11-24(25)37-23-14-22(20-16-32-36-6-2-5-30-27(20)36)31-15-21(23)26(34-37)28(38)33-18-12-19(13-18)35-7-9-40-10-8-35/h2-6,11,14-16,18-19H,7-10,12-13H2,1H3,(H,33,38)/t18-,19-. The third kappa shape index (κ3) is 4.36. The Balaban J connectivity index is 1.26. The summed E-state index contributed by atoms with van der Waals surface area (Å²) >= 11 is 6.38. The van der Waals surface area contributed by atoms with Gasteiger partial charge in [-0.15, -0.1) is 0 Å². The zero-order valence-corrected chi connectivity index (χ0v) is 22.6. The Labute approximate surface area is 234 Å². The van der Waals surface area contributed by atoms with Crippen LogP contribution in [0.15, 0.2) is 55.1 Å². The van der Waals surface area contributed by atoms with E-state index in [0.29, 0.717) is 50.4 Å². The van der Waals surface area contributed by atoms with Gasteiger partial charge in [-0.1, -0.05) is 11.6 Å². The number of fused-ring (bicyclic) bond motifs is 2. The van der Waals surface area contributed by atoms with Crippen molar-refractivity contribution in [1.82, 2.24) is 39.6 Å². The van der Waals surface area contributed by atoms with Crippen LogP contribution in [0.1, 0.15) is 23.3 Å². The van der Waals surface area contributed by atoms with E-state index < -0.39 is 0 Å². The van der Waals surface area contributed by atoms with E-state index in [1.165, 1.54) is 0 Å². The van der Waals surface area contributed by atoms with Crippen molar-refractivity contribution in [2.24, 2.45) is 0 Å². The van der Waals surface area contributed by atoms with Gasteiger partial charge >= 0.3 is 0 Å². The van der Waals surface area contributed by atoms with Crippen LogP contribution in [0.5, 0.6) is 5.75 Å². The van der Waals surface area contributed by atoms with Crippen LogP contribution in [0.25, 0.3) is 33.5 Å². The Morgan fingerprint density at radius 3 is 2.83 bits per heavy atom. The molecule has 1 saturated heterocycles. The molecule has 2 fully saturated rings. The number of nitrogens with zero attached hydrogens (tertiary/aromatic N) is 7. The van der Waals surface area contributed by atoms with Crippen molar-refractivity contribution in [3.05, 3.63) is 65.8 Å². The van der Waals surface area contributed by atoms with Gasteiger partial charge in [-0.3, -0.25) is 14.7 Å². The molecule has 2 aliphatic rings. The van der Waals surface area contributed by atoms with Crippen molar-refractivity contribution >= 4 is 34.1 Å². The molecule has 11 nitrogen and oxygen atoms in total. The Bertz CT molecular complexity index is 1720. The molecule has 5 aromatic rings. The molecule has 1 amide bonds. The number of hydrogen-bond acceptors (Lipinski definition) is 8. The zero-order chi connectivity index (χ0) is 27.2. The van der Waals surface area contributed by atoms with Crippen molar-refractivity contribution < 1.29 is 14.3 Å². The van der Waals surface area contributed by atoms with E-state index in [2.05, 4.69) is 20.3 Å². The SMILES string of the molecule is COc1ccc(Cl)cc1-n1nc(C(=O)N[C@H]2C[C@H](N3CCOCC3)C2)c2cnc(-c3cnn4cccnc34)cc21. The summed E-state index contributed by atoms with van der Waals surface area (Å²) in [7, 11) is 1.59. The van der Waals surface area contributed by atoms with Gasteiger partial charge in [0.25, 0.3) is 5.91 Å². The number of halogens is 1. The third-order valence-corrected chi connectivity index (χ3v) is 7.95. The van der Waals surface area contributed by atoms with E-state index >= 15 is 0 Å². The molecule has 5 heterocycles. The van der Waals surface area contributed by atoms with Gasteiger partial charge in [0.1, 0.15) is 11.4 Å². The molecule has 40 heavy (non-hydrogen) atoms. The quantitative estimate of drug-likeness (QED) is 0.338. The van der Waals surface area contributed by atoms with Gasteiger partial charge in [-0.05, 0) is 43.2 Å². The summed E-state index contributed by atoms with van der Waals surface area (Å²) in [5, 5.41) is 13.5. The van der Waals surface area contributed by atoms with Crippen molar-refractivity contribution in [2.75, 3.05) is 33.4 Å². The molecule has 1 saturated carbocycles. The highest BCUT2D eigenvalue weighted by atomic mass is 35.5. The molecule has 4 aromatic heterocycles. The van der Waals surface area contributed by atoms with Crippen molar-refractivity contribution in [2.45, 2.75) is 24.9 Å². The van der Waals surface area contributed by atoms with Gasteiger partial charge in [0, 0.05) is 48.8 Å². The third-order valence-electron chi connectivity index (χ3n) is 7.72. The predicted octanol–water partition coefficient (Wildman–Crippen LogP) is 3.39. The highest BCUT2D eigenvalue weighted by Crippen LogP contribution is 2.33. The van der Waals surface area contributed by atoms with Crippen molar-refractivity contribution in [1.29, 1.82) is 0 Å². The van der Waals surface area contributed by atoms with E-state index in [1.807, 2.05) is 18.3 Å². The number of carbonyl (C=O) groups excluding carboxylic acids is 1. The Kier molecular flexibility index (Phi) is 6.34. The van der Waals surface area contributed by atoms with Crippen LogP contribution < -0.4 is 10.1 Å². The van der Waals surface area contributed by atoms with Crippen molar-refractivity contribution in [3.8, 4) is 22.7 Å². The molecule has 204 valence electrons. The van der Waals surface area contributed by atoms with Crippen LogP contribution in [0.3, 0.4) is 0 Å². The Morgan fingerprint density at radius 1 is 1.15 bits per heavy atom. The molecule has 0 atom stereocenters. The number of methoxy groups -OCH3 is 1. The topological polar surface area (TPSA) is 112 Å². The van der Waals surface area contributed by atoms with Crippen LogP contribution in [0.2, 0.25) is 5.02 Å². The molecule has 1 aliphatic heterocycles. The number of ether oxygens (including phenoxy) is 2. The number of benzene rings is 1. The van der Waals surface area contributed by atoms with E-state index in [-0.39, 0.29) is 11.9 Å². The van der Waals surface area contributed by atoms with Crippen LogP contribution in [-0.2, 0) is 4.74 Å². The molecule has 12 heteroatoms. The van der Waals surface area contributed by atoms with E-state index in [1.54, 1.807) is 53.1 Å². The lowest BCUT2D eigenvalue weighted by atomic mass is 9.85. The van der Waals surface area contributed by atoms with E-state index in [4.69, 9.17) is 31.2 Å².